The van der Waals surface area contributed by atoms with E-state index in [2.05, 4.69) is 5.32 Å². The van der Waals surface area contributed by atoms with Crippen molar-refractivity contribution in [3.05, 3.63) is 29.8 Å². The molecule has 0 atom stereocenters. The van der Waals surface area contributed by atoms with Crippen LogP contribution in [0, 0.1) is 5.92 Å². The summed E-state index contributed by atoms with van der Waals surface area (Å²) in [5, 5.41) is 3.26. The average molecular weight is 273 g/mol. The topological polar surface area (TPSA) is 21.3 Å². The monoisotopic (exact) mass is 273 g/mol. The van der Waals surface area contributed by atoms with Crippen molar-refractivity contribution >= 4 is 0 Å². The second kappa shape index (κ2) is 6.28. The fourth-order valence-electron chi connectivity index (χ4n) is 2.33. The molecular weight excluding hydrogens is 255 g/mol. The number of piperidine rings is 1. The van der Waals surface area contributed by atoms with E-state index in [1.54, 1.807) is 6.07 Å². The number of nitrogens with one attached hydrogen (secondary N) is 1. The molecule has 0 spiro atoms. The molecular formula is C14H18F3NO. The third-order valence-corrected chi connectivity index (χ3v) is 3.43. The lowest BCUT2D eigenvalue weighted by atomic mass is 9.95. The number of hydrogen-bond acceptors (Lipinski definition) is 2. The quantitative estimate of drug-likeness (QED) is 0.907. The van der Waals surface area contributed by atoms with Gasteiger partial charge >= 0.3 is 6.18 Å². The molecule has 1 aromatic carbocycles. The summed E-state index contributed by atoms with van der Waals surface area (Å²) in [6.45, 7) is 2.32. The first-order valence-electron chi connectivity index (χ1n) is 6.57. The van der Waals surface area contributed by atoms with Gasteiger partial charge in [-0.3, -0.25) is 0 Å². The molecule has 1 aliphatic rings. The number of ether oxygens (including phenoxy) is 1. The van der Waals surface area contributed by atoms with Gasteiger partial charge in [-0.15, -0.1) is 0 Å². The molecule has 1 heterocycles. The molecule has 0 saturated carbocycles. The first-order valence-corrected chi connectivity index (χ1v) is 6.57. The normalized spacial score (nSPS) is 17.4. The van der Waals surface area contributed by atoms with Crippen LogP contribution in [0.25, 0.3) is 0 Å². The molecule has 5 heteroatoms. The smallest absolute Gasteiger partial charge is 0.419 e. The molecule has 2 rings (SSSR count). The van der Waals surface area contributed by atoms with E-state index < -0.39 is 11.7 Å². The van der Waals surface area contributed by atoms with Crippen molar-refractivity contribution in [1.29, 1.82) is 0 Å². The third-order valence-electron chi connectivity index (χ3n) is 3.43. The molecule has 0 aliphatic carbocycles. The van der Waals surface area contributed by atoms with Gasteiger partial charge in [-0.1, -0.05) is 12.1 Å². The van der Waals surface area contributed by atoms with Crippen LogP contribution >= 0.6 is 0 Å². The summed E-state index contributed by atoms with van der Waals surface area (Å²) >= 11 is 0. The van der Waals surface area contributed by atoms with Crippen LogP contribution in [0.4, 0.5) is 13.2 Å². The van der Waals surface area contributed by atoms with E-state index in [-0.39, 0.29) is 5.75 Å². The summed E-state index contributed by atoms with van der Waals surface area (Å²) in [7, 11) is 0. The van der Waals surface area contributed by atoms with Gasteiger partial charge in [0.15, 0.2) is 0 Å². The van der Waals surface area contributed by atoms with Crippen molar-refractivity contribution in [2.24, 2.45) is 5.92 Å². The number of para-hydroxylation sites is 1. The van der Waals surface area contributed by atoms with Crippen molar-refractivity contribution in [3.8, 4) is 5.75 Å². The standard InChI is InChI=1S/C14H18F3NO/c15-14(16,17)12-3-1-2-4-13(12)19-10-7-11-5-8-18-9-6-11/h1-4,11,18H,5-10H2. The maximum absolute atomic E-state index is 12.7. The average Bonchev–Trinajstić information content (AvgIpc) is 2.39. The summed E-state index contributed by atoms with van der Waals surface area (Å²) in [6.07, 6.45) is -1.40. The van der Waals surface area contributed by atoms with Crippen LogP contribution in [0.15, 0.2) is 24.3 Å². The van der Waals surface area contributed by atoms with Gasteiger partial charge in [0.25, 0.3) is 0 Å². The third kappa shape index (κ3) is 4.13. The number of hydrogen-bond donors (Lipinski definition) is 1. The Kier molecular flexibility index (Phi) is 4.69. The second-order valence-electron chi connectivity index (χ2n) is 4.82. The summed E-state index contributed by atoms with van der Waals surface area (Å²) in [6, 6.07) is 5.38. The summed E-state index contributed by atoms with van der Waals surface area (Å²) in [4.78, 5) is 0. The Bertz CT molecular complexity index is 400. The van der Waals surface area contributed by atoms with E-state index in [1.807, 2.05) is 0 Å². The van der Waals surface area contributed by atoms with Crippen LogP contribution in [-0.4, -0.2) is 19.7 Å². The molecule has 1 saturated heterocycles. The first kappa shape index (κ1) is 14.2. The predicted octanol–water partition coefficient (Wildman–Crippen LogP) is 3.47. The van der Waals surface area contributed by atoms with Crippen LogP contribution in [0.5, 0.6) is 5.75 Å². The van der Waals surface area contributed by atoms with Crippen molar-refractivity contribution in [3.63, 3.8) is 0 Å². The summed E-state index contributed by atoms with van der Waals surface area (Å²) < 4.78 is 43.6. The highest BCUT2D eigenvalue weighted by molar-refractivity contribution is 5.35. The second-order valence-corrected chi connectivity index (χ2v) is 4.82. The van der Waals surface area contributed by atoms with E-state index in [0.29, 0.717) is 12.5 Å². The fourth-order valence-corrected chi connectivity index (χ4v) is 2.33. The van der Waals surface area contributed by atoms with Crippen molar-refractivity contribution in [1.82, 2.24) is 5.32 Å². The largest absolute Gasteiger partial charge is 0.493 e. The van der Waals surface area contributed by atoms with Gasteiger partial charge in [-0.2, -0.15) is 13.2 Å². The number of alkyl halides is 3. The van der Waals surface area contributed by atoms with Gasteiger partial charge in [0.05, 0.1) is 12.2 Å². The zero-order valence-corrected chi connectivity index (χ0v) is 10.7. The van der Waals surface area contributed by atoms with Gasteiger partial charge in [0.1, 0.15) is 5.75 Å². The maximum Gasteiger partial charge on any atom is 0.419 e. The highest BCUT2D eigenvalue weighted by atomic mass is 19.4. The van der Waals surface area contributed by atoms with E-state index in [9.17, 15) is 13.2 Å². The SMILES string of the molecule is FC(F)(F)c1ccccc1OCCC1CCNCC1. The maximum atomic E-state index is 12.7. The Hall–Kier alpha value is -1.23. The lowest BCUT2D eigenvalue weighted by Gasteiger charge is -2.22. The van der Waals surface area contributed by atoms with Crippen LogP contribution in [0.3, 0.4) is 0 Å². The molecule has 0 bridgehead atoms. The Morgan fingerprint density at radius 2 is 1.84 bits per heavy atom. The molecule has 1 N–H and O–H groups in total. The Balaban J connectivity index is 1.88. The molecule has 19 heavy (non-hydrogen) atoms. The van der Waals surface area contributed by atoms with Gasteiger partial charge in [0.2, 0.25) is 0 Å². The van der Waals surface area contributed by atoms with Gasteiger partial charge in [-0.25, -0.2) is 0 Å². The van der Waals surface area contributed by atoms with Crippen molar-refractivity contribution in [2.45, 2.75) is 25.4 Å². The molecule has 0 aromatic heterocycles. The molecule has 0 unspecified atom stereocenters. The van der Waals surface area contributed by atoms with Crippen LogP contribution in [0.1, 0.15) is 24.8 Å². The molecule has 0 amide bonds. The van der Waals surface area contributed by atoms with E-state index in [0.717, 1.165) is 38.4 Å². The Morgan fingerprint density at radius 3 is 2.53 bits per heavy atom. The van der Waals surface area contributed by atoms with Crippen LogP contribution in [-0.2, 0) is 6.18 Å². The highest BCUT2D eigenvalue weighted by Gasteiger charge is 2.34. The van der Waals surface area contributed by atoms with Gasteiger partial charge in [0, 0.05) is 0 Å². The van der Waals surface area contributed by atoms with E-state index in [1.165, 1.54) is 12.1 Å². The number of benzene rings is 1. The zero-order chi connectivity index (χ0) is 13.7. The minimum Gasteiger partial charge on any atom is -0.493 e. The summed E-state index contributed by atoms with van der Waals surface area (Å²) in [5.74, 6) is 0.489. The Morgan fingerprint density at radius 1 is 1.16 bits per heavy atom. The van der Waals surface area contributed by atoms with E-state index in [4.69, 9.17) is 4.74 Å². The predicted molar refractivity (Wildman–Crippen MR) is 67.1 cm³/mol. The van der Waals surface area contributed by atoms with Crippen LogP contribution in [0.2, 0.25) is 0 Å². The number of rotatable bonds is 4. The minimum absolute atomic E-state index is 0.0658. The lowest BCUT2D eigenvalue weighted by molar-refractivity contribution is -0.139. The first-order chi connectivity index (χ1) is 9.07. The molecule has 106 valence electrons. The zero-order valence-electron chi connectivity index (χ0n) is 10.7. The minimum atomic E-state index is -4.36. The number of halogens is 3. The lowest BCUT2D eigenvalue weighted by Crippen LogP contribution is -2.28. The van der Waals surface area contributed by atoms with E-state index >= 15 is 0 Å². The molecule has 1 aliphatic heterocycles. The fraction of sp³-hybridized carbons (Fsp3) is 0.571. The molecule has 0 radical (unpaired) electrons. The molecule has 2 nitrogen and oxygen atoms in total. The Labute approximate surface area is 111 Å². The summed E-state index contributed by atoms with van der Waals surface area (Å²) in [5.41, 5.74) is -0.694. The van der Waals surface area contributed by atoms with Gasteiger partial charge < -0.3 is 10.1 Å². The van der Waals surface area contributed by atoms with Crippen molar-refractivity contribution < 1.29 is 17.9 Å². The molecule has 1 fully saturated rings. The molecule has 1 aromatic rings. The highest BCUT2D eigenvalue weighted by Crippen LogP contribution is 2.36. The van der Waals surface area contributed by atoms with Gasteiger partial charge in [-0.05, 0) is 50.4 Å². The van der Waals surface area contributed by atoms with Crippen molar-refractivity contribution in [2.75, 3.05) is 19.7 Å². The van der Waals surface area contributed by atoms with Crippen LogP contribution < -0.4 is 10.1 Å².